The third-order valence-corrected chi connectivity index (χ3v) is 1.40. The van der Waals surface area contributed by atoms with Crippen molar-refractivity contribution in [1.82, 2.24) is 0 Å². The van der Waals surface area contributed by atoms with Crippen LogP contribution in [-0.2, 0) is 14.1 Å². The summed E-state index contributed by atoms with van der Waals surface area (Å²) in [5, 5.41) is 0. The minimum absolute atomic E-state index is 0.0288. The highest BCUT2D eigenvalue weighted by molar-refractivity contribution is 7.38. The second kappa shape index (κ2) is 5.33. The van der Waals surface area contributed by atoms with Crippen LogP contribution in [-0.4, -0.2) is 23.6 Å². The summed E-state index contributed by atoms with van der Waals surface area (Å²) in [7, 11) is -2.16. The molecule has 0 aliphatic rings. The number of ether oxygens (including phenoxy) is 1. The molecule has 0 aromatic carbocycles. The molecule has 0 aromatic heterocycles. The Balaban J connectivity index is 3.20. The Hall–Kier alpha value is -0.470. The lowest BCUT2D eigenvalue weighted by Crippen LogP contribution is -2.05. The van der Waals surface area contributed by atoms with E-state index in [1.165, 1.54) is 0 Å². The lowest BCUT2D eigenvalue weighted by Gasteiger charge is -1.94. The molecule has 58 valence electrons. The maximum atomic E-state index is 10.4. The molecule has 0 heterocycles. The number of rotatable bonds is 4. The van der Waals surface area contributed by atoms with E-state index in [9.17, 15) is 9.36 Å². The van der Waals surface area contributed by atoms with Gasteiger partial charge in [-0.05, 0) is 4.57 Å². The summed E-state index contributed by atoms with van der Waals surface area (Å²) in [5.74, 6) is -0.336. The summed E-state index contributed by atoms with van der Waals surface area (Å²) >= 11 is 0. The molecule has 0 rings (SSSR count). The Morgan fingerprint density at radius 2 is 2.30 bits per heavy atom. The van der Waals surface area contributed by atoms with Gasteiger partial charge in [0, 0.05) is 6.42 Å². The van der Waals surface area contributed by atoms with Gasteiger partial charge in [0.15, 0.2) is 0 Å². The zero-order chi connectivity index (χ0) is 7.98. The van der Waals surface area contributed by atoms with Gasteiger partial charge >= 0.3 is 14.0 Å². The standard InChI is InChI=1S/C5H9O4P/c1-2-5(6)9-3-4-10(7)8/h2-4H2,1H3/p+1. The van der Waals surface area contributed by atoms with Crippen molar-refractivity contribution in [2.75, 3.05) is 12.8 Å². The highest BCUT2D eigenvalue weighted by Gasteiger charge is 2.10. The monoisotopic (exact) mass is 165 g/mol. The molecule has 1 unspecified atom stereocenters. The van der Waals surface area contributed by atoms with Crippen LogP contribution < -0.4 is 0 Å². The van der Waals surface area contributed by atoms with Gasteiger partial charge in [0.1, 0.15) is 6.61 Å². The van der Waals surface area contributed by atoms with Crippen molar-refractivity contribution < 1.29 is 19.0 Å². The fraction of sp³-hybridized carbons (Fsp3) is 0.800. The third-order valence-electron chi connectivity index (χ3n) is 0.834. The summed E-state index contributed by atoms with van der Waals surface area (Å²) in [5.41, 5.74) is 0. The molecule has 4 nitrogen and oxygen atoms in total. The molecule has 0 aliphatic carbocycles. The van der Waals surface area contributed by atoms with Crippen LogP contribution in [0.25, 0.3) is 0 Å². The maximum absolute atomic E-state index is 10.4. The zero-order valence-electron chi connectivity index (χ0n) is 5.74. The number of hydrogen-bond acceptors (Lipinski definition) is 3. The van der Waals surface area contributed by atoms with Crippen LogP contribution in [0.2, 0.25) is 0 Å². The molecular weight excluding hydrogens is 155 g/mol. The van der Waals surface area contributed by atoms with E-state index in [1.54, 1.807) is 6.92 Å². The zero-order valence-corrected chi connectivity index (χ0v) is 6.63. The summed E-state index contributed by atoms with van der Waals surface area (Å²) < 4.78 is 14.5. The third kappa shape index (κ3) is 5.66. The van der Waals surface area contributed by atoms with Crippen LogP contribution in [0.3, 0.4) is 0 Å². The second-order valence-corrected chi connectivity index (χ2v) is 2.80. The van der Waals surface area contributed by atoms with Gasteiger partial charge < -0.3 is 4.74 Å². The van der Waals surface area contributed by atoms with Crippen LogP contribution >= 0.6 is 8.03 Å². The lowest BCUT2D eigenvalue weighted by atomic mass is 10.5. The molecule has 1 atom stereocenters. The smallest absolute Gasteiger partial charge is 0.461 e. The summed E-state index contributed by atoms with van der Waals surface area (Å²) in [6.45, 7) is 1.71. The topological polar surface area (TPSA) is 63.6 Å². The van der Waals surface area contributed by atoms with Gasteiger partial charge in [-0.3, -0.25) is 4.79 Å². The van der Waals surface area contributed by atoms with Gasteiger partial charge in [0.25, 0.3) is 0 Å². The number of carbonyl (C=O) groups excluding carboxylic acids is 1. The molecule has 0 spiro atoms. The molecule has 0 aliphatic heterocycles. The van der Waals surface area contributed by atoms with E-state index < -0.39 is 8.03 Å². The normalized spacial score (nSPS) is 10.8. The SMILES string of the molecule is CCC(=O)OCC[P+](=O)O. The molecular formula is C5H10O4P+. The predicted molar refractivity (Wildman–Crippen MR) is 35.9 cm³/mol. The molecule has 0 fully saturated rings. The van der Waals surface area contributed by atoms with Crippen molar-refractivity contribution in [3.05, 3.63) is 0 Å². The van der Waals surface area contributed by atoms with Crippen molar-refractivity contribution in [2.45, 2.75) is 13.3 Å². The molecule has 0 radical (unpaired) electrons. The molecule has 5 heteroatoms. The Kier molecular flexibility index (Phi) is 5.08. The molecule has 0 bridgehead atoms. The van der Waals surface area contributed by atoms with E-state index in [0.717, 1.165) is 0 Å². The molecule has 0 saturated heterocycles. The van der Waals surface area contributed by atoms with Gasteiger partial charge in [-0.25, -0.2) is 0 Å². The second-order valence-electron chi connectivity index (χ2n) is 1.65. The molecule has 10 heavy (non-hydrogen) atoms. The molecule has 0 saturated carbocycles. The van der Waals surface area contributed by atoms with Crippen molar-refractivity contribution in [2.24, 2.45) is 0 Å². The van der Waals surface area contributed by atoms with Gasteiger partial charge in [0.05, 0.1) is 0 Å². The number of hydrogen-bond donors (Lipinski definition) is 1. The van der Waals surface area contributed by atoms with E-state index in [1.807, 2.05) is 0 Å². The Labute approximate surface area is 60.1 Å². The van der Waals surface area contributed by atoms with Gasteiger partial charge in [-0.15, -0.1) is 0 Å². The first-order valence-electron chi connectivity index (χ1n) is 2.96. The van der Waals surface area contributed by atoms with Crippen molar-refractivity contribution in [3.63, 3.8) is 0 Å². The quantitative estimate of drug-likeness (QED) is 0.491. The van der Waals surface area contributed by atoms with Crippen molar-refractivity contribution in [1.29, 1.82) is 0 Å². The lowest BCUT2D eigenvalue weighted by molar-refractivity contribution is -0.142. The molecule has 0 aromatic rings. The Bertz CT molecular complexity index is 134. The average molecular weight is 165 g/mol. The first-order chi connectivity index (χ1) is 4.66. The summed E-state index contributed by atoms with van der Waals surface area (Å²) in [4.78, 5) is 18.7. The number of carbonyl (C=O) groups is 1. The highest BCUT2D eigenvalue weighted by Crippen LogP contribution is 2.10. The fourth-order valence-electron chi connectivity index (χ4n) is 0.340. The minimum Gasteiger partial charge on any atom is -0.461 e. The largest absolute Gasteiger partial charge is 0.509 e. The van der Waals surface area contributed by atoms with Crippen molar-refractivity contribution >= 4 is 14.0 Å². The average Bonchev–Trinajstić information content (AvgIpc) is 1.87. The molecule has 0 amide bonds. The Morgan fingerprint density at radius 1 is 1.70 bits per heavy atom. The first kappa shape index (κ1) is 9.53. The van der Waals surface area contributed by atoms with Gasteiger partial charge in [0.2, 0.25) is 6.16 Å². The van der Waals surface area contributed by atoms with E-state index in [-0.39, 0.29) is 18.7 Å². The summed E-state index contributed by atoms with van der Waals surface area (Å²) in [6.07, 6.45) is 0.337. The van der Waals surface area contributed by atoms with Crippen LogP contribution in [0.1, 0.15) is 13.3 Å². The predicted octanol–water partition coefficient (Wildman–Crippen LogP) is 0.674. The van der Waals surface area contributed by atoms with E-state index >= 15 is 0 Å². The van der Waals surface area contributed by atoms with E-state index in [2.05, 4.69) is 4.74 Å². The van der Waals surface area contributed by atoms with Crippen LogP contribution in [0.15, 0.2) is 0 Å². The van der Waals surface area contributed by atoms with Gasteiger partial charge in [-0.2, -0.15) is 4.89 Å². The molecule has 1 N–H and O–H groups in total. The minimum atomic E-state index is -2.16. The Morgan fingerprint density at radius 3 is 2.70 bits per heavy atom. The number of esters is 1. The first-order valence-corrected chi connectivity index (χ1v) is 4.35. The van der Waals surface area contributed by atoms with Crippen LogP contribution in [0, 0.1) is 0 Å². The maximum Gasteiger partial charge on any atom is 0.509 e. The van der Waals surface area contributed by atoms with E-state index in [4.69, 9.17) is 4.89 Å². The van der Waals surface area contributed by atoms with E-state index in [0.29, 0.717) is 6.42 Å². The van der Waals surface area contributed by atoms with Crippen LogP contribution in [0.5, 0.6) is 0 Å². The van der Waals surface area contributed by atoms with Gasteiger partial charge in [-0.1, -0.05) is 6.92 Å². The fourth-order valence-corrected chi connectivity index (χ4v) is 0.587. The summed E-state index contributed by atoms with van der Waals surface area (Å²) in [6, 6.07) is 0. The highest BCUT2D eigenvalue weighted by atomic mass is 31.1. The van der Waals surface area contributed by atoms with Crippen molar-refractivity contribution in [3.8, 4) is 0 Å². The van der Waals surface area contributed by atoms with Crippen LogP contribution in [0.4, 0.5) is 0 Å².